The van der Waals surface area contributed by atoms with E-state index in [4.69, 9.17) is 0 Å². The first kappa shape index (κ1) is 14.3. The standard InChI is InChI=1S/C18H21N5/c1-13(23-9-3-2-4-10-23)14-5-7-15(8-6-14)16-11-17-18(19-12-16)21-22-20-17/h5-8,11-13H,2-4,9-10H2,1H3,(H,19,20,21,22)/t13-/m0/s1. The molecule has 0 unspecified atom stereocenters. The van der Waals surface area contributed by atoms with Crippen LogP contribution in [0.15, 0.2) is 36.5 Å². The van der Waals surface area contributed by atoms with Gasteiger partial charge >= 0.3 is 0 Å². The summed E-state index contributed by atoms with van der Waals surface area (Å²) in [5.74, 6) is 0. The number of fused-ring (bicyclic) bond motifs is 1. The van der Waals surface area contributed by atoms with Crippen LogP contribution in [0.2, 0.25) is 0 Å². The van der Waals surface area contributed by atoms with Gasteiger partial charge in [-0.25, -0.2) is 4.98 Å². The third-order valence-corrected chi connectivity index (χ3v) is 4.84. The first-order valence-electron chi connectivity index (χ1n) is 8.32. The molecule has 3 heterocycles. The Morgan fingerprint density at radius 1 is 1.00 bits per heavy atom. The summed E-state index contributed by atoms with van der Waals surface area (Å²) in [6, 6.07) is 11.3. The molecule has 1 saturated heterocycles. The van der Waals surface area contributed by atoms with Gasteiger partial charge in [-0.3, -0.25) is 4.90 Å². The molecule has 0 saturated carbocycles. The Balaban J connectivity index is 1.57. The van der Waals surface area contributed by atoms with Gasteiger partial charge in [0.1, 0.15) is 5.52 Å². The van der Waals surface area contributed by atoms with Crippen molar-refractivity contribution in [1.82, 2.24) is 25.3 Å². The van der Waals surface area contributed by atoms with Crippen LogP contribution in [0.3, 0.4) is 0 Å². The fourth-order valence-electron chi connectivity index (χ4n) is 3.37. The number of rotatable bonds is 3. The number of benzene rings is 1. The van der Waals surface area contributed by atoms with Gasteiger partial charge < -0.3 is 0 Å². The van der Waals surface area contributed by atoms with Crippen molar-refractivity contribution in [2.75, 3.05) is 13.1 Å². The van der Waals surface area contributed by atoms with Crippen molar-refractivity contribution < 1.29 is 0 Å². The number of hydrogen-bond acceptors (Lipinski definition) is 4. The zero-order valence-electron chi connectivity index (χ0n) is 13.4. The van der Waals surface area contributed by atoms with Crippen molar-refractivity contribution in [2.24, 2.45) is 0 Å². The van der Waals surface area contributed by atoms with Crippen LogP contribution in [-0.2, 0) is 0 Å². The van der Waals surface area contributed by atoms with Crippen molar-refractivity contribution in [1.29, 1.82) is 0 Å². The van der Waals surface area contributed by atoms with E-state index in [1.165, 1.54) is 37.9 Å². The van der Waals surface area contributed by atoms with Crippen molar-refractivity contribution >= 4 is 11.2 Å². The molecule has 0 spiro atoms. The molecule has 1 atom stereocenters. The van der Waals surface area contributed by atoms with Gasteiger partial charge in [-0.05, 0) is 50.0 Å². The van der Waals surface area contributed by atoms with Crippen molar-refractivity contribution in [2.45, 2.75) is 32.2 Å². The van der Waals surface area contributed by atoms with Crippen LogP contribution in [0.25, 0.3) is 22.3 Å². The number of H-pyrrole nitrogens is 1. The van der Waals surface area contributed by atoms with Gasteiger partial charge in [0, 0.05) is 17.8 Å². The van der Waals surface area contributed by atoms with E-state index >= 15 is 0 Å². The number of aromatic amines is 1. The predicted molar refractivity (Wildman–Crippen MR) is 91.0 cm³/mol. The Morgan fingerprint density at radius 2 is 1.78 bits per heavy atom. The van der Waals surface area contributed by atoms with Crippen LogP contribution >= 0.6 is 0 Å². The van der Waals surface area contributed by atoms with Crippen LogP contribution in [0.1, 0.15) is 37.8 Å². The molecule has 5 nitrogen and oxygen atoms in total. The van der Waals surface area contributed by atoms with Gasteiger partial charge in [-0.2, -0.15) is 10.3 Å². The molecule has 5 heteroatoms. The predicted octanol–water partition coefficient (Wildman–Crippen LogP) is 3.57. The average Bonchev–Trinajstić information content (AvgIpc) is 3.10. The summed E-state index contributed by atoms with van der Waals surface area (Å²) in [5, 5.41) is 10.7. The monoisotopic (exact) mass is 307 g/mol. The molecule has 4 rings (SSSR count). The lowest BCUT2D eigenvalue weighted by Crippen LogP contribution is -2.32. The van der Waals surface area contributed by atoms with E-state index in [2.05, 4.69) is 56.5 Å². The molecule has 0 amide bonds. The van der Waals surface area contributed by atoms with E-state index in [1.54, 1.807) is 0 Å². The molecular formula is C18H21N5. The van der Waals surface area contributed by atoms with Crippen molar-refractivity contribution in [3.63, 3.8) is 0 Å². The molecule has 1 aromatic carbocycles. The highest BCUT2D eigenvalue weighted by atomic mass is 15.3. The topological polar surface area (TPSA) is 57.7 Å². The molecule has 3 aromatic rings. The van der Waals surface area contributed by atoms with Gasteiger partial charge in [0.05, 0.1) is 0 Å². The summed E-state index contributed by atoms with van der Waals surface area (Å²) < 4.78 is 0. The second-order valence-corrected chi connectivity index (χ2v) is 6.28. The van der Waals surface area contributed by atoms with Crippen LogP contribution in [0, 0.1) is 0 Å². The van der Waals surface area contributed by atoms with Gasteiger partial charge in [0.15, 0.2) is 0 Å². The van der Waals surface area contributed by atoms with Gasteiger partial charge in [-0.1, -0.05) is 30.7 Å². The Kier molecular flexibility index (Phi) is 3.79. The zero-order valence-corrected chi connectivity index (χ0v) is 13.4. The SMILES string of the molecule is C[C@@H](c1ccc(-c2cnc3n[nH]nc3c2)cc1)N1CCCCC1. The smallest absolute Gasteiger partial charge is 0.201 e. The number of piperidine rings is 1. The van der Waals surface area contributed by atoms with Crippen molar-refractivity contribution in [3.05, 3.63) is 42.1 Å². The summed E-state index contributed by atoms with van der Waals surface area (Å²) in [7, 11) is 0. The highest BCUT2D eigenvalue weighted by molar-refractivity contribution is 5.76. The number of aromatic nitrogens is 4. The fraction of sp³-hybridized carbons (Fsp3) is 0.389. The van der Waals surface area contributed by atoms with E-state index in [0.29, 0.717) is 11.7 Å². The Morgan fingerprint density at radius 3 is 2.57 bits per heavy atom. The molecule has 1 N–H and O–H groups in total. The number of nitrogens with one attached hydrogen (secondary N) is 1. The minimum Gasteiger partial charge on any atom is -0.297 e. The van der Waals surface area contributed by atoms with Crippen LogP contribution in [0.4, 0.5) is 0 Å². The number of nitrogens with zero attached hydrogens (tertiary/aromatic N) is 4. The van der Waals surface area contributed by atoms with E-state index in [0.717, 1.165) is 16.6 Å². The van der Waals surface area contributed by atoms with E-state index in [1.807, 2.05) is 12.3 Å². The van der Waals surface area contributed by atoms with Crippen molar-refractivity contribution in [3.8, 4) is 11.1 Å². The highest BCUT2D eigenvalue weighted by Gasteiger charge is 2.18. The molecule has 0 aliphatic carbocycles. The summed E-state index contributed by atoms with van der Waals surface area (Å²) in [6.45, 7) is 4.74. The maximum Gasteiger partial charge on any atom is 0.201 e. The molecular weight excluding hydrogens is 286 g/mol. The summed E-state index contributed by atoms with van der Waals surface area (Å²) >= 11 is 0. The maximum atomic E-state index is 4.34. The number of pyridine rings is 1. The maximum absolute atomic E-state index is 4.34. The number of likely N-dealkylation sites (tertiary alicyclic amines) is 1. The minimum absolute atomic E-state index is 0.487. The first-order valence-corrected chi connectivity index (χ1v) is 8.32. The van der Waals surface area contributed by atoms with Gasteiger partial charge in [0.2, 0.25) is 5.65 Å². The fourth-order valence-corrected chi connectivity index (χ4v) is 3.37. The zero-order chi connectivity index (χ0) is 15.6. The lowest BCUT2D eigenvalue weighted by atomic mass is 10.00. The third kappa shape index (κ3) is 2.84. The summed E-state index contributed by atoms with van der Waals surface area (Å²) in [5.41, 5.74) is 5.07. The summed E-state index contributed by atoms with van der Waals surface area (Å²) in [6.07, 6.45) is 5.88. The average molecular weight is 307 g/mol. The molecule has 118 valence electrons. The Bertz CT molecular complexity index is 787. The number of hydrogen-bond donors (Lipinski definition) is 1. The normalized spacial score (nSPS) is 17.4. The van der Waals surface area contributed by atoms with Crippen LogP contribution in [0.5, 0.6) is 0 Å². The Labute approximate surface area is 135 Å². The minimum atomic E-state index is 0.487. The van der Waals surface area contributed by atoms with Crippen LogP contribution < -0.4 is 0 Å². The Hall–Kier alpha value is -2.27. The van der Waals surface area contributed by atoms with Crippen LogP contribution in [-0.4, -0.2) is 38.4 Å². The third-order valence-electron chi connectivity index (χ3n) is 4.84. The van der Waals surface area contributed by atoms with E-state index in [9.17, 15) is 0 Å². The summed E-state index contributed by atoms with van der Waals surface area (Å²) in [4.78, 5) is 6.92. The molecule has 23 heavy (non-hydrogen) atoms. The molecule has 0 bridgehead atoms. The molecule has 0 radical (unpaired) electrons. The van der Waals surface area contributed by atoms with Gasteiger partial charge in [-0.15, -0.1) is 5.10 Å². The largest absolute Gasteiger partial charge is 0.297 e. The lowest BCUT2D eigenvalue weighted by molar-refractivity contribution is 0.175. The molecule has 1 aliphatic rings. The van der Waals surface area contributed by atoms with Gasteiger partial charge in [0.25, 0.3) is 0 Å². The highest BCUT2D eigenvalue weighted by Crippen LogP contribution is 2.27. The quantitative estimate of drug-likeness (QED) is 0.803. The molecule has 1 fully saturated rings. The second kappa shape index (κ2) is 6.08. The second-order valence-electron chi connectivity index (χ2n) is 6.28. The molecule has 1 aliphatic heterocycles. The van der Waals surface area contributed by atoms with E-state index < -0.39 is 0 Å². The molecule has 2 aromatic heterocycles. The first-order chi connectivity index (χ1) is 11.3. The van der Waals surface area contributed by atoms with E-state index in [-0.39, 0.29) is 0 Å². The lowest BCUT2D eigenvalue weighted by Gasteiger charge is -2.32.